The zero-order chi connectivity index (χ0) is 18.4. The van der Waals surface area contributed by atoms with Gasteiger partial charge in [-0.2, -0.15) is 4.52 Å². The second-order valence-corrected chi connectivity index (χ2v) is 7.94. The SMILES string of the molecule is Cc1nc2sc3c(c2c2nc(C(=O)NCCc4ccccc4)nn12)CCC3. The molecule has 1 amide bonds. The molecule has 3 aromatic heterocycles. The molecule has 4 aromatic rings. The maximum Gasteiger partial charge on any atom is 0.291 e. The third-order valence-electron chi connectivity index (χ3n) is 5.05. The van der Waals surface area contributed by atoms with Crippen LogP contribution in [0.3, 0.4) is 0 Å². The van der Waals surface area contributed by atoms with E-state index in [1.807, 2.05) is 25.1 Å². The van der Waals surface area contributed by atoms with Gasteiger partial charge in [0.25, 0.3) is 5.91 Å². The molecular formula is C20H19N5OS. The van der Waals surface area contributed by atoms with E-state index in [2.05, 4.69) is 32.5 Å². The van der Waals surface area contributed by atoms with E-state index in [0.717, 1.165) is 41.0 Å². The summed E-state index contributed by atoms with van der Waals surface area (Å²) in [5, 5.41) is 8.43. The Morgan fingerprint density at radius 2 is 2.07 bits per heavy atom. The standard InChI is InChI=1S/C20H19N5OS/c1-12-22-20-16(14-8-5-9-15(14)27-20)18-23-17(24-25(12)18)19(26)21-11-10-13-6-3-2-4-7-13/h2-4,6-7H,5,8-11H2,1H3,(H,21,26). The van der Waals surface area contributed by atoms with E-state index >= 15 is 0 Å². The highest BCUT2D eigenvalue weighted by molar-refractivity contribution is 7.19. The fraction of sp³-hybridized carbons (Fsp3) is 0.300. The molecule has 0 saturated heterocycles. The predicted molar refractivity (Wildman–Crippen MR) is 105 cm³/mol. The number of hydrogen-bond acceptors (Lipinski definition) is 5. The van der Waals surface area contributed by atoms with Crippen molar-refractivity contribution in [2.24, 2.45) is 0 Å². The molecule has 1 aliphatic rings. The monoisotopic (exact) mass is 377 g/mol. The number of nitrogens with zero attached hydrogens (tertiary/aromatic N) is 4. The van der Waals surface area contributed by atoms with Gasteiger partial charge in [-0.25, -0.2) is 9.97 Å². The van der Waals surface area contributed by atoms with Crippen molar-refractivity contribution in [3.63, 3.8) is 0 Å². The van der Waals surface area contributed by atoms with Gasteiger partial charge in [0.05, 0.1) is 5.39 Å². The Labute approximate surface area is 160 Å². The Morgan fingerprint density at radius 1 is 1.22 bits per heavy atom. The second-order valence-electron chi connectivity index (χ2n) is 6.86. The lowest BCUT2D eigenvalue weighted by Crippen LogP contribution is -2.26. The van der Waals surface area contributed by atoms with E-state index in [-0.39, 0.29) is 11.7 Å². The summed E-state index contributed by atoms with van der Waals surface area (Å²) in [5.74, 6) is 0.723. The molecule has 0 radical (unpaired) electrons. The Bertz CT molecular complexity index is 1160. The summed E-state index contributed by atoms with van der Waals surface area (Å²) in [6.45, 7) is 2.46. The molecule has 0 saturated carbocycles. The van der Waals surface area contributed by atoms with Crippen LogP contribution in [0.2, 0.25) is 0 Å². The lowest BCUT2D eigenvalue weighted by atomic mass is 10.1. The molecule has 6 nitrogen and oxygen atoms in total. The molecule has 0 atom stereocenters. The van der Waals surface area contributed by atoms with Crippen molar-refractivity contribution in [3.8, 4) is 0 Å². The number of aryl methyl sites for hydroxylation is 3. The van der Waals surface area contributed by atoms with Gasteiger partial charge < -0.3 is 5.32 Å². The number of fused-ring (bicyclic) bond motifs is 5. The molecule has 1 aliphatic carbocycles. The van der Waals surface area contributed by atoms with Crippen LogP contribution >= 0.6 is 11.3 Å². The molecule has 7 heteroatoms. The summed E-state index contributed by atoms with van der Waals surface area (Å²) in [7, 11) is 0. The maximum absolute atomic E-state index is 12.6. The summed E-state index contributed by atoms with van der Waals surface area (Å²) in [6, 6.07) is 10.1. The minimum absolute atomic E-state index is 0.207. The first kappa shape index (κ1) is 16.4. The summed E-state index contributed by atoms with van der Waals surface area (Å²) >= 11 is 1.75. The first-order valence-electron chi connectivity index (χ1n) is 9.20. The van der Waals surface area contributed by atoms with Crippen molar-refractivity contribution in [3.05, 3.63) is 58.0 Å². The summed E-state index contributed by atoms with van der Waals surface area (Å²) < 4.78 is 1.71. The number of carbonyl (C=O) groups is 1. The first-order chi connectivity index (χ1) is 13.2. The van der Waals surface area contributed by atoms with Gasteiger partial charge in [0.1, 0.15) is 10.7 Å². The number of benzene rings is 1. The van der Waals surface area contributed by atoms with Gasteiger partial charge >= 0.3 is 0 Å². The maximum atomic E-state index is 12.6. The summed E-state index contributed by atoms with van der Waals surface area (Å²) in [4.78, 5) is 24.2. The van der Waals surface area contributed by atoms with Crippen LogP contribution in [0, 0.1) is 6.92 Å². The Morgan fingerprint density at radius 3 is 2.93 bits per heavy atom. The van der Waals surface area contributed by atoms with Crippen LogP contribution in [0.5, 0.6) is 0 Å². The Hall–Kier alpha value is -2.80. The fourth-order valence-electron chi connectivity index (χ4n) is 3.73. The summed E-state index contributed by atoms with van der Waals surface area (Å²) in [5.41, 5.74) is 3.29. The lowest BCUT2D eigenvalue weighted by Gasteiger charge is -2.02. The van der Waals surface area contributed by atoms with Crippen LogP contribution in [0.15, 0.2) is 30.3 Å². The fourth-order valence-corrected chi connectivity index (χ4v) is 5.03. The number of hydrogen-bond donors (Lipinski definition) is 1. The van der Waals surface area contributed by atoms with Crippen LogP contribution in [-0.4, -0.2) is 32.0 Å². The van der Waals surface area contributed by atoms with Crippen molar-refractivity contribution in [2.45, 2.75) is 32.6 Å². The lowest BCUT2D eigenvalue weighted by molar-refractivity contribution is 0.0944. The number of thiophene rings is 1. The minimum atomic E-state index is -0.242. The van der Waals surface area contributed by atoms with Crippen molar-refractivity contribution in [2.75, 3.05) is 6.54 Å². The van der Waals surface area contributed by atoms with Crippen molar-refractivity contribution < 1.29 is 4.79 Å². The normalized spacial score (nSPS) is 13.4. The molecule has 3 heterocycles. The molecule has 0 spiro atoms. The highest BCUT2D eigenvalue weighted by atomic mass is 32.1. The number of rotatable bonds is 4. The third-order valence-corrected chi connectivity index (χ3v) is 6.23. The number of nitrogens with one attached hydrogen (secondary N) is 1. The average Bonchev–Trinajstić information content (AvgIpc) is 3.36. The van der Waals surface area contributed by atoms with E-state index < -0.39 is 0 Å². The number of carbonyl (C=O) groups excluding carboxylic acids is 1. The summed E-state index contributed by atoms with van der Waals surface area (Å²) in [6.07, 6.45) is 4.13. The van der Waals surface area contributed by atoms with Crippen LogP contribution < -0.4 is 5.32 Å². The zero-order valence-corrected chi connectivity index (χ0v) is 15.8. The van der Waals surface area contributed by atoms with Gasteiger partial charge in [-0.05, 0) is 43.7 Å². The molecule has 5 rings (SSSR count). The highest BCUT2D eigenvalue weighted by Crippen LogP contribution is 2.38. The molecule has 0 unspecified atom stereocenters. The molecular weight excluding hydrogens is 358 g/mol. The van der Waals surface area contributed by atoms with Crippen LogP contribution in [0.1, 0.15) is 38.9 Å². The van der Waals surface area contributed by atoms with Crippen LogP contribution in [-0.2, 0) is 19.3 Å². The van der Waals surface area contributed by atoms with Gasteiger partial charge in [-0.1, -0.05) is 30.3 Å². The van der Waals surface area contributed by atoms with E-state index in [0.29, 0.717) is 6.54 Å². The molecule has 1 aromatic carbocycles. The number of aromatic nitrogens is 4. The van der Waals surface area contributed by atoms with E-state index in [4.69, 9.17) is 0 Å². The Kier molecular flexibility index (Phi) is 3.89. The van der Waals surface area contributed by atoms with Crippen molar-refractivity contribution in [1.29, 1.82) is 0 Å². The molecule has 0 fully saturated rings. The van der Waals surface area contributed by atoms with Gasteiger partial charge in [-0.3, -0.25) is 4.79 Å². The quantitative estimate of drug-likeness (QED) is 0.593. The van der Waals surface area contributed by atoms with Crippen LogP contribution in [0.4, 0.5) is 0 Å². The van der Waals surface area contributed by atoms with Crippen molar-refractivity contribution >= 4 is 33.1 Å². The van der Waals surface area contributed by atoms with Crippen molar-refractivity contribution in [1.82, 2.24) is 24.9 Å². The highest BCUT2D eigenvalue weighted by Gasteiger charge is 2.24. The largest absolute Gasteiger partial charge is 0.349 e. The van der Waals surface area contributed by atoms with Gasteiger partial charge in [0.15, 0.2) is 5.65 Å². The van der Waals surface area contributed by atoms with Gasteiger partial charge in [0.2, 0.25) is 5.82 Å². The minimum Gasteiger partial charge on any atom is -0.349 e. The molecule has 0 bridgehead atoms. The molecule has 136 valence electrons. The second kappa shape index (κ2) is 6.42. The van der Waals surface area contributed by atoms with E-state index in [1.165, 1.54) is 22.4 Å². The average molecular weight is 377 g/mol. The van der Waals surface area contributed by atoms with E-state index in [1.54, 1.807) is 15.9 Å². The van der Waals surface area contributed by atoms with E-state index in [9.17, 15) is 4.79 Å². The van der Waals surface area contributed by atoms with Gasteiger partial charge in [0, 0.05) is 11.4 Å². The Balaban J connectivity index is 1.44. The van der Waals surface area contributed by atoms with Gasteiger partial charge in [-0.15, -0.1) is 16.4 Å². The first-order valence-corrected chi connectivity index (χ1v) is 10.0. The predicted octanol–water partition coefficient (Wildman–Crippen LogP) is 3.11. The van der Waals surface area contributed by atoms with Crippen LogP contribution in [0.25, 0.3) is 15.9 Å². The third kappa shape index (κ3) is 2.78. The molecule has 1 N–H and O–H groups in total. The number of amides is 1. The molecule has 27 heavy (non-hydrogen) atoms. The molecule has 0 aliphatic heterocycles. The topological polar surface area (TPSA) is 72.2 Å². The zero-order valence-electron chi connectivity index (χ0n) is 15.0. The smallest absolute Gasteiger partial charge is 0.291 e.